The zero-order valence-electron chi connectivity index (χ0n) is 18.6. The maximum atomic E-state index is 2.51. The van der Waals surface area contributed by atoms with E-state index >= 15 is 0 Å². The Morgan fingerprint density at radius 1 is 0.516 bits per heavy atom. The first-order valence-electron chi connectivity index (χ1n) is 10.8. The summed E-state index contributed by atoms with van der Waals surface area (Å²) in [5.74, 6) is 0. The topological polar surface area (TPSA) is 9.86 Å². The molecule has 0 N–H and O–H groups in total. The van der Waals surface area contributed by atoms with Gasteiger partial charge in [-0.25, -0.2) is 0 Å². The minimum Gasteiger partial charge on any atom is -0.351 e. The quantitative estimate of drug-likeness (QED) is 0.326. The van der Waals surface area contributed by atoms with Crippen molar-refractivity contribution in [1.82, 2.24) is 9.13 Å². The Hall–Kier alpha value is -3.30. The molecule has 0 radical (unpaired) electrons. The standard InChI is InChI=1S/C28H28N2Si/c1-29-19-11-17-23(29)27-25(21-13-7-5-8-14-21)26(22-15-9-6-10-16-22)28(31(27,3)4)24-18-12-20-30(24)2/h5-20H,1-4H3. The van der Waals surface area contributed by atoms with Gasteiger partial charge in [0.05, 0.1) is 0 Å². The third-order valence-corrected chi connectivity index (χ3v) is 10.0. The van der Waals surface area contributed by atoms with Crippen LogP contribution in [0.3, 0.4) is 0 Å². The van der Waals surface area contributed by atoms with Crippen LogP contribution in [0.2, 0.25) is 13.1 Å². The first-order chi connectivity index (χ1) is 15.0. The molecule has 4 aromatic rings. The van der Waals surface area contributed by atoms with E-state index in [1.165, 1.54) is 44.1 Å². The molecule has 0 atom stereocenters. The largest absolute Gasteiger partial charge is 0.351 e. The number of hydrogen-bond donors (Lipinski definition) is 0. The van der Waals surface area contributed by atoms with Gasteiger partial charge >= 0.3 is 0 Å². The zero-order chi connectivity index (χ0) is 21.6. The summed E-state index contributed by atoms with van der Waals surface area (Å²) in [6.45, 7) is 5.02. The highest BCUT2D eigenvalue weighted by Gasteiger charge is 2.45. The second kappa shape index (κ2) is 7.43. The van der Waals surface area contributed by atoms with E-state index in [0.717, 1.165) is 0 Å². The minimum atomic E-state index is -2.05. The Balaban J connectivity index is 1.94. The molecular weight excluding hydrogens is 392 g/mol. The molecule has 2 aromatic carbocycles. The van der Waals surface area contributed by atoms with Crippen LogP contribution in [0.15, 0.2) is 97.3 Å². The first kappa shape index (κ1) is 19.6. The van der Waals surface area contributed by atoms with Crippen molar-refractivity contribution in [2.45, 2.75) is 13.1 Å². The van der Waals surface area contributed by atoms with Crippen molar-refractivity contribution in [2.24, 2.45) is 14.1 Å². The van der Waals surface area contributed by atoms with Gasteiger partial charge in [0.25, 0.3) is 0 Å². The van der Waals surface area contributed by atoms with E-state index in [9.17, 15) is 0 Å². The van der Waals surface area contributed by atoms with Crippen LogP contribution in [0, 0.1) is 0 Å². The highest BCUT2D eigenvalue weighted by atomic mass is 28.3. The van der Waals surface area contributed by atoms with Crippen molar-refractivity contribution < 1.29 is 0 Å². The average molecular weight is 421 g/mol. The van der Waals surface area contributed by atoms with Gasteiger partial charge in [-0.3, -0.25) is 0 Å². The summed E-state index contributed by atoms with van der Waals surface area (Å²) >= 11 is 0. The van der Waals surface area contributed by atoms with E-state index in [1.807, 2.05) is 0 Å². The summed E-state index contributed by atoms with van der Waals surface area (Å²) in [5, 5.41) is 3.03. The molecule has 0 aliphatic carbocycles. The van der Waals surface area contributed by atoms with Crippen LogP contribution in [0.5, 0.6) is 0 Å². The lowest BCUT2D eigenvalue weighted by molar-refractivity contribution is 0.910. The summed E-state index contributed by atoms with van der Waals surface area (Å²) in [6, 6.07) is 30.8. The molecule has 2 nitrogen and oxygen atoms in total. The van der Waals surface area contributed by atoms with Gasteiger partial charge in [0.2, 0.25) is 0 Å². The lowest BCUT2D eigenvalue weighted by Gasteiger charge is -2.26. The van der Waals surface area contributed by atoms with Gasteiger partial charge in [-0.2, -0.15) is 0 Å². The highest BCUT2D eigenvalue weighted by Crippen LogP contribution is 2.55. The predicted octanol–water partition coefficient (Wildman–Crippen LogP) is 6.69. The number of hydrogen-bond acceptors (Lipinski definition) is 0. The van der Waals surface area contributed by atoms with Crippen molar-refractivity contribution in [1.29, 1.82) is 0 Å². The normalized spacial score (nSPS) is 15.7. The molecule has 0 amide bonds. The first-order valence-corrected chi connectivity index (χ1v) is 13.8. The number of nitrogens with zero attached hydrogens (tertiary/aromatic N) is 2. The average Bonchev–Trinajstić information content (AvgIpc) is 3.44. The van der Waals surface area contributed by atoms with Crippen LogP contribution in [-0.2, 0) is 14.1 Å². The van der Waals surface area contributed by atoms with Gasteiger partial charge in [-0.15, -0.1) is 0 Å². The number of allylic oxidation sites excluding steroid dienone is 2. The second-order valence-corrected chi connectivity index (χ2v) is 13.1. The van der Waals surface area contributed by atoms with Crippen LogP contribution >= 0.6 is 0 Å². The highest BCUT2D eigenvalue weighted by molar-refractivity contribution is 7.13. The van der Waals surface area contributed by atoms with Gasteiger partial charge in [-0.1, -0.05) is 73.8 Å². The predicted molar refractivity (Wildman–Crippen MR) is 135 cm³/mol. The van der Waals surface area contributed by atoms with E-state index < -0.39 is 8.07 Å². The molecule has 0 saturated carbocycles. The van der Waals surface area contributed by atoms with Crippen LogP contribution in [0.1, 0.15) is 22.5 Å². The van der Waals surface area contributed by atoms with Crippen molar-refractivity contribution in [3.8, 4) is 0 Å². The fourth-order valence-electron chi connectivity index (χ4n) is 5.13. The number of aromatic nitrogens is 2. The SMILES string of the molecule is Cn1cccc1C1=C(c2ccccc2)C(c2ccccc2)=C(c2cccn2C)[Si]1(C)C. The van der Waals surface area contributed by atoms with E-state index in [2.05, 4.69) is 134 Å². The monoisotopic (exact) mass is 420 g/mol. The molecule has 2 aromatic heterocycles. The molecule has 0 unspecified atom stereocenters. The molecule has 3 heterocycles. The molecule has 1 aliphatic rings. The van der Waals surface area contributed by atoms with Crippen molar-refractivity contribution in [3.63, 3.8) is 0 Å². The van der Waals surface area contributed by atoms with Gasteiger partial charge in [0.1, 0.15) is 8.07 Å². The summed E-state index contributed by atoms with van der Waals surface area (Å²) in [7, 11) is 2.28. The zero-order valence-corrected chi connectivity index (χ0v) is 19.6. The van der Waals surface area contributed by atoms with Crippen LogP contribution < -0.4 is 0 Å². The lowest BCUT2D eigenvalue weighted by atomic mass is 9.90. The van der Waals surface area contributed by atoms with Gasteiger partial charge in [-0.05, 0) is 56.9 Å². The van der Waals surface area contributed by atoms with E-state index in [0.29, 0.717) is 0 Å². The van der Waals surface area contributed by atoms with Crippen LogP contribution in [0.4, 0.5) is 0 Å². The van der Waals surface area contributed by atoms with E-state index in [4.69, 9.17) is 0 Å². The Kier molecular flexibility index (Phi) is 4.71. The summed E-state index contributed by atoms with van der Waals surface area (Å²) in [4.78, 5) is 0. The van der Waals surface area contributed by atoms with Gasteiger partial charge < -0.3 is 9.13 Å². The fourth-order valence-corrected chi connectivity index (χ4v) is 8.96. The molecule has 5 rings (SSSR count). The Morgan fingerprint density at radius 2 is 0.903 bits per heavy atom. The second-order valence-electron chi connectivity index (χ2n) is 8.87. The molecule has 154 valence electrons. The Morgan fingerprint density at radius 3 is 1.23 bits per heavy atom. The molecule has 31 heavy (non-hydrogen) atoms. The maximum Gasteiger partial charge on any atom is 0.119 e. The van der Waals surface area contributed by atoms with Crippen LogP contribution in [0.25, 0.3) is 21.5 Å². The molecule has 0 saturated heterocycles. The summed E-state index contributed by atoms with van der Waals surface area (Å²) in [6.07, 6.45) is 4.33. The van der Waals surface area contributed by atoms with Gasteiger partial charge in [0.15, 0.2) is 0 Å². The Labute approximate surface area is 185 Å². The third-order valence-electron chi connectivity index (χ3n) is 6.52. The smallest absolute Gasteiger partial charge is 0.119 e. The van der Waals surface area contributed by atoms with Crippen molar-refractivity contribution in [2.75, 3.05) is 0 Å². The van der Waals surface area contributed by atoms with Crippen molar-refractivity contribution >= 4 is 29.6 Å². The van der Waals surface area contributed by atoms with E-state index in [-0.39, 0.29) is 0 Å². The summed E-state index contributed by atoms with van der Waals surface area (Å²) < 4.78 is 4.56. The van der Waals surface area contributed by atoms with Crippen LogP contribution in [-0.4, -0.2) is 17.2 Å². The maximum absolute atomic E-state index is 2.51. The van der Waals surface area contributed by atoms with E-state index in [1.54, 1.807) is 0 Å². The van der Waals surface area contributed by atoms with Crippen molar-refractivity contribution in [3.05, 3.63) is 120 Å². The number of rotatable bonds is 4. The molecule has 0 spiro atoms. The molecule has 0 fully saturated rings. The molecule has 1 aliphatic heterocycles. The number of aryl methyl sites for hydroxylation is 2. The Bertz CT molecular complexity index is 1200. The van der Waals surface area contributed by atoms with Gasteiger partial charge in [0, 0.05) is 37.9 Å². The summed E-state index contributed by atoms with van der Waals surface area (Å²) in [5.41, 5.74) is 8.02. The molecule has 0 bridgehead atoms. The number of benzene rings is 2. The molecular formula is C28H28N2Si. The lowest BCUT2D eigenvalue weighted by Crippen LogP contribution is -2.30. The third kappa shape index (κ3) is 3.08. The molecule has 3 heteroatoms. The minimum absolute atomic E-state index is 1.29. The fraction of sp³-hybridized carbons (Fsp3) is 0.143.